The highest BCUT2D eigenvalue weighted by molar-refractivity contribution is 8.13. The molecule has 4 aromatic heterocycles. The van der Waals surface area contributed by atoms with Crippen LogP contribution in [-0.2, 0) is 68.3 Å². The third kappa shape index (κ3) is 16.7. The number of nitrogens with two attached hydrogens (primary N) is 2. The van der Waals surface area contributed by atoms with E-state index in [2.05, 4.69) is 54.7 Å². The Kier molecular flexibility index (Phi) is 20.2. The number of carbonyl (C=O) groups excluding carboxylic acids is 4. The number of benzene rings is 1. The number of aromatic amines is 2. The largest absolute Gasteiger partial charge is 0.481 e. The van der Waals surface area contributed by atoms with Crippen LogP contribution in [0.25, 0.3) is 22.2 Å². The molecule has 33 nitrogen and oxygen atoms in total. The summed E-state index contributed by atoms with van der Waals surface area (Å²) >= 11 is 0.731. The number of carbonyl (C=O) groups is 5. The average Bonchev–Trinajstić information content (AvgIpc) is 4.06. The Labute approximate surface area is 444 Å². The molecule has 0 radical (unpaired) electrons. The van der Waals surface area contributed by atoms with Crippen molar-refractivity contribution >= 4 is 98.0 Å². The number of H-pyrrole nitrogens is 2. The van der Waals surface area contributed by atoms with Crippen LogP contribution in [0.1, 0.15) is 60.8 Å². The van der Waals surface area contributed by atoms with Gasteiger partial charge < -0.3 is 72.0 Å². The Bertz CT molecular complexity index is 3210. The number of aliphatic carboxylic acids is 1. The number of anilines is 2. The zero-order valence-electron chi connectivity index (χ0n) is 41.1. The highest BCUT2D eigenvalue weighted by atomic mass is 32.2. The number of carboxylic acid groups (broad SMARTS) is 1. The minimum atomic E-state index is -5.64. The molecule has 8 atom stereocenters. The van der Waals surface area contributed by atoms with Gasteiger partial charge >= 0.3 is 29.4 Å². The molecule has 0 saturated carbocycles. The molecule has 1 aliphatic rings. The number of nitrogens with zero attached hydrogens (tertiary/aromatic N) is 5. The SMILES string of the molecule is CC(C)(COP(=O)(O)OP(=O)(O)OCC1OC(n2cnc3c(N)ncnc32)C(O)C1OP(=O)(O)O)C(O)C(=O)NCCC(=O)NCCSC(=O)[C@@H](CCC(=O)O)NC(=O)c1ccc(CCc2c[nH]c3nc(N)[nH]c(=O)c23)cc1. The van der Waals surface area contributed by atoms with Crippen LogP contribution in [0.3, 0.4) is 0 Å². The number of nitrogens with one attached hydrogen (secondary N) is 5. The first kappa shape index (κ1) is 61.2. The second kappa shape index (κ2) is 25.8. The fourth-order valence-electron chi connectivity index (χ4n) is 7.56. The molecule has 3 amide bonds. The molecule has 6 rings (SSSR count). The summed E-state index contributed by atoms with van der Waals surface area (Å²) in [5, 5.41) is 38.1. The van der Waals surface area contributed by atoms with E-state index < -0.39 is 114 Å². The molecule has 0 spiro atoms. The molecule has 7 unspecified atom stereocenters. The van der Waals surface area contributed by atoms with Gasteiger partial charge in [0.05, 0.1) is 31.0 Å². The summed E-state index contributed by atoms with van der Waals surface area (Å²) in [4.78, 5) is 136. The van der Waals surface area contributed by atoms with Gasteiger partial charge in [0, 0.05) is 48.9 Å². The van der Waals surface area contributed by atoms with E-state index in [4.69, 9.17) is 25.3 Å². The lowest BCUT2D eigenvalue weighted by Gasteiger charge is -2.30. The van der Waals surface area contributed by atoms with Crippen molar-refractivity contribution in [2.24, 2.45) is 5.41 Å². The highest BCUT2D eigenvalue weighted by Crippen LogP contribution is 2.61. The number of phosphoric ester groups is 3. The smallest absolute Gasteiger partial charge is 0.481 e. The van der Waals surface area contributed by atoms with Gasteiger partial charge in [-0.3, -0.25) is 51.9 Å². The minimum Gasteiger partial charge on any atom is -0.481 e. The van der Waals surface area contributed by atoms with Gasteiger partial charge in [0.1, 0.15) is 41.9 Å². The fourth-order valence-corrected chi connectivity index (χ4v) is 11.2. The van der Waals surface area contributed by atoms with Crippen LogP contribution in [0.5, 0.6) is 0 Å². The summed E-state index contributed by atoms with van der Waals surface area (Å²) in [5.41, 5.74) is 11.5. The molecule has 1 fully saturated rings. The van der Waals surface area contributed by atoms with Gasteiger partial charge in [-0.25, -0.2) is 28.6 Å². The van der Waals surface area contributed by atoms with Gasteiger partial charge in [0.2, 0.25) is 22.9 Å². The molecule has 1 saturated heterocycles. The van der Waals surface area contributed by atoms with Crippen molar-refractivity contribution in [3.63, 3.8) is 0 Å². The Morgan fingerprint density at radius 3 is 2.36 bits per heavy atom. The van der Waals surface area contributed by atoms with Crippen molar-refractivity contribution in [3.8, 4) is 0 Å². The van der Waals surface area contributed by atoms with Crippen LogP contribution in [0.4, 0.5) is 11.8 Å². The number of fused-ring (bicyclic) bond motifs is 2. The highest BCUT2D eigenvalue weighted by Gasteiger charge is 2.50. The van der Waals surface area contributed by atoms with Crippen LogP contribution in [-0.4, -0.2) is 161 Å². The first-order chi connectivity index (χ1) is 36.5. The first-order valence-electron chi connectivity index (χ1n) is 23.1. The minimum absolute atomic E-state index is 0.00385. The van der Waals surface area contributed by atoms with E-state index in [1.807, 2.05) is 0 Å². The van der Waals surface area contributed by atoms with Crippen LogP contribution < -0.4 is 33.0 Å². The number of aryl methyl sites for hydroxylation is 2. The lowest BCUT2D eigenvalue weighted by Crippen LogP contribution is -2.46. The molecule has 5 aromatic rings. The van der Waals surface area contributed by atoms with E-state index in [0.717, 1.165) is 40.1 Å². The van der Waals surface area contributed by atoms with Crippen molar-refractivity contribution in [1.82, 2.24) is 50.4 Å². The van der Waals surface area contributed by atoms with Crippen LogP contribution in [0.15, 0.2) is 47.9 Å². The number of hydrogen-bond donors (Lipinski definition) is 14. The zero-order valence-corrected chi connectivity index (χ0v) is 44.6. The van der Waals surface area contributed by atoms with E-state index >= 15 is 0 Å². The van der Waals surface area contributed by atoms with Crippen LogP contribution in [0, 0.1) is 5.41 Å². The second-order valence-corrected chi connectivity index (χ2v) is 23.2. The molecule has 1 aliphatic heterocycles. The van der Waals surface area contributed by atoms with E-state index in [1.165, 1.54) is 26.0 Å². The van der Waals surface area contributed by atoms with Crippen LogP contribution in [0.2, 0.25) is 0 Å². The lowest BCUT2D eigenvalue weighted by molar-refractivity contribution is -0.138. The number of imidazole rings is 1. The molecule has 0 aliphatic carbocycles. The van der Waals surface area contributed by atoms with Gasteiger partial charge in [-0.15, -0.1) is 0 Å². The molecule has 1 aromatic carbocycles. The monoisotopic (exact) mass is 1180 g/mol. The maximum absolute atomic E-state index is 13.1. The van der Waals surface area contributed by atoms with E-state index in [9.17, 15) is 77.4 Å². The van der Waals surface area contributed by atoms with Crippen molar-refractivity contribution < 1.29 is 95.2 Å². The molecule has 426 valence electrons. The standard InChI is InChI=1S/C41H55N12O21P3S/c1-41(2,17-71-77(68,69)74-76(66,67)70-16-24-30(73-75(63,64)65)29(57)38(72-24)53-19-49-28-32(42)47-18-48-34(28)53)31(58)37(61)45-12-11-25(54)44-13-14-78-39(62)23(9-10-26(55)56)50-35(59)21-6-3-20(4-7-21)5-8-22-15-46-33-27(22)36(60)52-40(43)51-33/h3-4,6-7,15,18-19,23-24,29-31,38,57-58H,5,8-14,16-17H2,1-2H3,(H,44,54)(H,45,61)(H,50,59)(H,55,56)(H,66,67)(H,68,69)(H2,42,47,48)(H2,63,64,65)(H4,43,46,51,52,60)/t23-,24?,29?,30?,31?,38?/m1/s1. The van der Waals surface area contributed by atoms with Crippen molar-refractivity contribution in [2.75, 3.05) is 43.5 Å². The number of aromatic nitrogens is 7. The van der Waals surface area contributed by atoms with Gasteiger partial charge in [-0.05, 0) is 42.5 Å². The number of phosphoric acid groups is 3. The van der Waals surface area contributed by atoms with E-state index in [1.54, 1.807) is 18.3 Å². The number of hydrogen-bond acceptors (Lipinski definition) is 23. The second-order valence-electron chi connectivity index (χ2n) is 17.9. The number of aliphatic hydroxyl groups is 2. The average molecular weight is 1180 g/mol. The number of rotatable bonds is 28. The zero-order chi connectivity index (χ0) is 57.3. The van der Waals surface area contributed by atoms with Crippen molar-refractivity contribution in [2.45, 2.75) is 82.6 Å². The number of nitrogen functional groups attached to an aromatic ring is 2. The predicted octanol–water partition coefficient (Wildman–Crippen LogP) is -0.740. The summed E-state index contributed by atoms with van der Waals surface area (Å²) in [6.45, 7) is -0.122. The van der Waals surface area contributed by atoms with Gasteiger partial charge in [-0.1, -0.05) is 37.7 Å². The maximum atomic E-state index is 13.1. The molecule has 78 heavy (non-hydrogen) atoms. The molecule has 5 heterocycles. The molecular weight excluding hydrogens is 1120 g/mol. The van der Waals surface area contributed by atoms with Crippen molar-refractivity contribution in [1.29, 1.82) is 0 Å². The number of aliphatic hydroxyl groups excluding tert-OH is 2. The van der Waals surface area contributed by atoms with E-state index in [0.29, 0.717) is 23.9 Å². The Hall–Kier alpha value is -6.06. The number of amides is 3. The fraction of sp³-hybridized carbons (Fsp3) is 0.463. The predicted molar refractivity (Wildman–Crippen MR) is 270 cm³/mol. The van der Waals surface area contributed by atoms with Gasteiger partial charge in [-0.2, -0.15) is 9.29 Å². The first-order valence-corrected chi connectivity index (χ1v) is 28.6. The third-order valence-corrected chi connectivity index (χ3v) is 15.6. The summed E-state index contributed by atoms with van der Waals surface area (Å²) in [7, 11) is -16.6. The number of ether oxygens (including phenoxy) is 1. The summed E-state index contributed by atoms with van der Waals surface area (Å²) in [5.74, 6) is -3.58. The third-order valence-electron chi connectivity index (χ3n) is 11.5. The Balaban J connectivity index is 0.896. The van der Waals surface area contributed by atoms with Gasteiger partial charge in [0.15, 0.2) is 17.7 Å². The summed E-state index contributed by atoms with van der Waals surface area (Å²) in [6.07, 6.45) is -5.40. The molecular formula is C41H55N12O21P3S. The number of thioether (sulfide) groups is 1. The van der Waals surface area contributed by atoms with Gasteiger partial charge in [0.25, 0.3) is 11.5 Å². The normalized spacial score (nSPS) is 19.2. The summed E-state index contributed by atoms with van der Waals surface area (Å²) in [6, 6.07) is 5.27. The topological polar surface area (TPSA) is 518 Å². The molecule has 37 heteroatoms. The Morgan fingerprint density at radius 2 is 1.67 bits per heavy atom. The lowest BCUT2D eigenvalue weighted by atomic mass is 9.87. The maximum Gasteiger partial charge on any atom is 0.481 e. The van der Waals surface area contributed by atoms with E-state index in [-0.39, 0.29) is 65.7 Å². The Morgan fingerprint density at radius 1 is 0.962 bits per heavy atom. The molecule has 0 bridgehead atoms. The number of carboxylic acids is 1. The molecule has 16 N–H and O–H groups in total. The summed E-state index contributed by atoms with van der Waals surface area (Å²) < 4.78 is 62.5. The van der Waals surface area contributed by atoms with Crippen LogP contribution >= 0.6 is 35.2 Å². The quantitative estimate of drug-likeness (QED) is 0.0217. The van der Waals surface area contributed by atoms with Crippen molar-refractivity contribution in [3.05, 3.63) is 70.2 Å².